The van der Waals surface area contributed by atoms with Gasteiger partial charge in [-0.3, -0.25) is 0 Å². The van der Waals surface area contributed by atoms with E-state index in [4.69, 9.17) is 0 Å². The molecule has 1 fully saturated rings. The monoisotopic (exact) mass is 225 g/mol. The number of hydrogen-bond donors (Lipinski definition) is 1. The lowest BCUT2D eigenvalue weighted by Gasteiger charge is -2.09. The van der Waals surface area contributed by atoms with E-state index in [1.54, 1.807) is 0 Å². The molecule has 1 saturated heterocycles. The summed E-state index contributed by atoms with van der Waals surface area (Å²) in [4.78, 5) is 0. The van der Waals surface area contributed by atoms with Crippen molar-refractivity contribution in [3.8, 4) is 0 Å². The average molecular weight is 225 g/mol. The van der Waals surface area contributed by atoms with Gasteiger partial charge in [0.05, 0.1) is 8.07 Å². The topological polar surface area (TPSA) is 12.0 Å². The maximum Gasteiger partial charge on any atom is 0.0682 e. The van der Waals surface area contributed by atoms with Crippen LogP contribution in [0.25, 0.3) is 0 Å². The SMILES string of the molecule is C[Si](C)(C)/C=C\CCCCC1CCCN1. The zero-order valence-electron chi connectivity index (χ0n) is 10.7. The van der Waals surface area contributed by atoms with Crippen molar-refractivity contribution in [2.75, 3.05) is 6.54 Å². The van der Waals surface area contributed by atoms with Crippen LogP contribution in [0.3, 0.4) is 0 Å². The molecule has 0 amide bonds. The minimum absolute atomic E-state index is 0.839. The Morgan fingerprint density at radius 2 is 2.07 bits per heavy atom. The fraction of sp³-hybridized carbons (Fsp3) is 0.846. The van der Waals surface area contributed by atoms with Gasteiger partial charge in [-0.05, 0) is 38.6 Å². The minimum atomic E-state index is -0.936. The summed E-state index contributed by atoms with van der Waals surface area (Å²) in [6, 6.07) is 0.839. The highest BCUT2D eigenvalue weighted by molar-refractivity contribution is 6.80. The Labute approximate surface area is 96.4 Å². The lowest BCUT2D eigenvalue weighted by Crippen LogP contribution is -2.20. The molecule has 1 atom stereocenters. The Kier molecular flexibility index (Phi) is 5.62. The van der Waals surface area contributed by atoms with Crippen molar-refractivity contribution in [1.29, 1.82) is 0 Å². The highest BCUT2D eigenvalue weighted by Crippen LogP contribution is 2.13. The molecule has 0 aliphatic carbocycles. The predicted octanol–water partition coefficient (Wildman–Crippen LogP) is 3.73. The molecule has 1 heterocycles. The van der Waals surface area contributed by atoms with Gasteiger partial charge in [-0.25, -0.2) is 0 Å². The van der Waals surface area contributed by atoms with Crippen LogP contribution in [0.1, 0.15) is 38.5 Å². The van der Waals surface area contributed by atoms with Gasteiger partial charge in [0.2, 0.25) is 0 Å². The van der Waals surface area contributed by atoms with Crippen LogP contribution < -0.4 is 5.32 Å². The molecule has 0 aromatic heterocycles. The molecule has 1 nitrogen and oxygen atoms in total. The van der Waals surface area contributed by atoms with Crippen molar-refractivity contribution in [1.82, 2.24) is 5.32 Å². The molecule has 15 heavy (non-hydrogen) atoms. The van der Waals surface area contributed by atoms with E-state index >= 15 is 0 Å². The molecule has 0 saturated carbocycles. The third kappa shape index (κ3) is 6.91. The molecule has 0 spiro atoms. The second-order valence-corrected chi connectivity index (χ2v) is 10.9. The molecule has 0 aromatic rings. The first-order valence-corrected chi connectivity index (χ1v) is 10.1. The first-order chi connectivity index (χ1) is 7.08. The smallest absolute Gasteiger partial charge is 0.0682 e. The van der Waals surface area contributed by atoms with Crippen molar-refractivity contribution in [2.45, 2.75) is 64.2 Å². The number of allylic oxidation sites excluding steroid dienone is 1. The number of rotatable bonds is 6. The summed E-state index contributed by atoms with van der Waals surface area (Å²) in [5.41, 5.74) is 2.47. The summed E-state index contributed by atoms with van der Waals surface area (Å²) in [6.07, 6.45) is 10.7. The van der Waals surface area contributed by atoms with Gasteiger partial charge in [0.1, 0.15) is 0 Å². The molecule has 2 heteroatoms. The van der Waals surface area contributed by atoms with Gasteiger partial charge < -0.3 is 5.32 Å². The van der Waals surface area contributed by atoms with E-state index in [0.717, 1.165) is 6.04 Å². The molecule has 0 radical (unpaired) electrons. The van der Waals surface area contributed by atoms with E-state index in [1.165, 1.54) is 45.1 Å². The highest BCUT2D eigenvalue weighted by atomic mass is 28.3. The van der Waals surface area contributed by atoms with E-state index in [2.05, 4.69) is 36.7 Å². The second kappa shape index (κ2) is 6.49. The van der Waals surface area contributed by atoms with Crippen molar-refractivity contribution < 1.29 is 0 Å². The van der Waals surface area contributed by atoms with Crippen LogP contribution in [0.4, 0.5) is 0 Å². The number of unbranched alkanes of at least 4 members (excludes halogenated alkanes) is 2. The van der Waals surface area contributed by atoms with Crippen LogP contribution in [0, 0.1) is 0 Å². The first-order valence-electron chi connectivity index (χ1n) is 6.49. The Balaban J connectivity index is 1.95. The summed E-state index contributed by atoms with van der Waals surface area (Å²) >= 11 is 0. The van der Waals surface area contributed by atoms with Gasteiger partial charge in [0, 0.05) is 6.04 Å². The van der Waals surface area contributed by atoms with Gasteiger partial charge in [-0.1, -0.05) is 37.8 Å². The Morgan fingerprint density at radius 1 is 1.27 bits per heavy atom. The van der Waals surface area contributed by atoms with Crippen molar-refractivity contribution in [3.05, 3.63) is 11.8 Å². The van der Waals surface area contributed by atoms with E-state index in [1.807, 2.05) is 0 Å². The normalized spacial score (nSPS) is 22.7. The van der Waals surface area contributed by atoms with Crippen molar-refractivity contribution >= 4 is 8.07 Å². The maximum absolute atomic E-state index is 3.56. The lowest BCUT2D eigenvalue weighted by molar-refractivity contribution is 0.524. The molecule has 1 rings (SSSR count). The van der Waals surface area contributed by atoms with Gasteiger partial charge in [-0.15, -0.1) is 0 Å². The zero-order valence-corrected chi connectivity index (χ0v) is 11.7. The Hall–Kier alpha value is -0.0831. The first kappa shape index (κ1) is 13.0. The molecule has 1 N–H and O–H groups in total. The average Bonchev–Trinajstić information content (AvgIpc) is 2.61. The summed E-state index contributed by atoms with van der Waals surface area (Å²) in [7, 11) is -0.936. The fourth-order valence-electron chi connectivity index (χ4n) is 2.09. The second-order valence-electron chi connectivity index (χ2n) is 5.85. The van der Waals surface area contributed by atoms with Gasteiger partial charge in [0.15, 0.2) is 0 Å². The van der Waals surface area contributed by atoms with Crippen molar-refractivity contribution in [2.24, 2.45) is 0 Å². The zero-order chi connectivity index (χ0) is 11.1. The van der Waals surface area contributed by atoms with E-state index in [-0.39, 0.29) is 0 Å². The van der Waals surface area contributed by atoms with Gasteiger partial charge in [-0.2, -0.15) is 0 Å². The highest BCUT2D eigenvalue weighted by Gasteiger charge is 2.12. The quantitative estimate of drug-likeness (QED) is 0.536. The van der Waals surface area contributed by atoms with E-state index < -0.39 is 8.07 Å². The van der Waals surface area contributed by atoms with Crippen LogP contribution in [0.2, 0.25) is 19.6 Å². The van der Waals surface area contributed by atoms with Crippen LogP contribution in [-0.4, -0.2) is 20.7 Å². The standard InChI is InChI=1S/C13H27NSi/c1-15(2,3)12-7-5-4-6-9-13-10-8-11-14-13/h7,12-14H,4-6,8-11H2,1-3H3/b12-7-. The lowest BCUT2D eigenvalue weighted by atomic mass is 10.1. The fourth-order valence-corrected chi connectivity index (χ4v) is 2.97. The Bertz CT molecular complexity index is 187. The summed E-state index contributed by atoms with van der Waals surface area (Å²) in [5, 5.41) is 3.56. The van der Waals surface area contributed by atoms with Crippen LogP contribution >= 0.6 is 0 Å². The van der Waals surface area contributed by atoms with Crippen LogP contribution in [0.5, 0.6) is 0 Å². The van der Waals surface area contributed by atoms with E-state index in [0.29, 0.717) is 0 Å². The molecule has 1 unspecified atom stereocenters. The molecule has 0 aromatic carbocycles. The third-order valence-electron chi connectivity index (χ3n) is 2.95. The maximum atomic E-state index is 3.56. The summed E-state index contributed by atoms with van der Waals surface area (Å²) in [5.74, 6) is 0. The van der Waals surface area contributed by atoms with Crippen LogP contribution in [-0.2, 0) is 0 Å². The third-order valence-corrected chi connectivity index (χ3v) is 4.19. The number of nitrogens with one attached hydrogen (secondary N) is 1. The summed E-state index contributed by atoms with van der Waals surface area (Å²) < 4.78 is 0. The van der Waals surface area contributed by atoms with Crippen molar-refractivity contribution in [3.63, 3.8) is 0 Å². The Morgan fingerprint density at radius 3 is 2.67 bits per heavy atom. The minimum Gasteiger partial charge on any atom is -0.314 e. The molecule has 1 aliphatic rings. The van der Waals surface area contributed by atoms with Crippen LogP contribution in [0.15, 0.2) is 11.8 Å². The largest absolute Gasteiger partial charge is 0.314 e. The molecule has 1 aliphatic heterocycles. The molecular formula is C13H27NSi. The molecular weight excluding hydrogens is 198 g/mol. The number of hydrogen-bond acceptors (Lipinski definition) is 1. The predicted molar refractivity (Wildman–Crippen MR) is 72.0 cm³/mol. The van der Waals surface area contributed by atoms with E-state index in [9.17, 15) is 0 Å². The molecule has 0 bridgehead atoms. The van der Waals surface area contributed by atoms with Gasteiger partial charge in [0.25, 0.3) is 0 Å². The summed E-state index contributed by atoms with van der Waals surface area (Å²) in [6.45, 7) is 8.43. The molecule has 88 valence electrons. The van der Waals surface area contributed by atoms with Gasteiger partial charge >= 0.3 is 0 Å².